The lowest BCUT2D eigenvalue weighted by Gasteiger charge is -2.23. The molecule has 3 heterocycles. The number of esters is 1. The Morgan fingerprint density at radius 1 is 1.24 bits per heavy atom. The van der Waals surface area contributed by atoms with Crippen LogP contribution in [0.2, 0.25) is 0 Å². The molecule has 1 atom stereocenters. The Bertz CT molecular complexity index is 992. The van der Waals surface area contributed by atoms with Crippen LogP contribution in [0, 0.1) is 6.92 Å². The Labute approximate surface area is 144 Å². The van der Waals surface area contributed by atoms with Crippen LogP contribution in [0.15, 0.2) is 48.8 Å². The predicted molar refractivity (Wildman–Crippen MR) is 92.7 cm³/mol. The number of imidazole rings is 1. The van der Waals surface area contributed by atoms with Crippen LogP contribution in [0.4, 0.5) is 5.69 Å². The van der Waals surface area contributed by atoms with Gasteiger partial charge in [0, 0.05) is 18.3 Å². The number of fused-ring (bicyclic) bond motifs is 2. The average Bonchev–Trinajstić information content (AvgIpc) is 3.21. The van der Waals surface area contributed by atoms with Gasteiger partial charge in [-0.2, -0.15) is 0 Å². The number of amides is 1. The number of ether oxygens (including phenoxy) is 1. The van der Waals surface area contributed by atoms with Gasteiger partial charge in [0.15, 0.2) is 0 Å². The molecular formula is C19H17N3O3. The Kier molecular flexibility index (Phi) is 3.53. The number of para-hydroxylation sites is 1. The highest BCUT2D eigenvalue weighted by Crippen LogP contribution is 2.34. The largest absolute Gasteiger partial charge is 0.467 e. The summed E-state index contributed by atoms with van der Waals surface area (Å²) in [4.78, 5) is 31.3. The van der Waals surface area contributed by atoms with Crippen LogP contribution in [-0.2, 0) is 16.0 Å². The second kappa shape index (κ2) is 5.73. The number of rotatable bonds is 2. The van der Waals surface area contributed by atoms with Gasteiger partial charge in [-0.05, 0) is 36.2 Å². The summed E-state index contributed by atoms with van der Waals surface area (Å²) in [6.07, 6.45) is 3.82. The maximum Gasteiger partial charge on any atom is 0.329 e. The van der Waals surface area contributed by atoms with Crippen LogP contribution in [0.25, 0.3) is 5.65 Å². The van der Waals surface area contributed by atoms with E-state index in [0.29, 0.717) is 17.8 Å². The smallest absolute Gasteiger partial charge is 0.329 e. The number of pyridine rings is 1. The van der Waals surface area contributed by atoms with Gasteiger partial charge in [-0.25, -0.2) is 9.78 Å². The van der Waals surface area contributed by atoms with E-state index in [-0.39, 0.29) is 5.91 Å². The lowest BCUT2D eigenvalue weighted by atomic mass is 10.1. The van der Waals surface area contributed by atoms with Crippen molar-refractivity contribution in [2.24, 2.45) is 0 Å². The van der Waals surface area contributed by atoms with Crippen LogP contribution in [-0.4, -0.2) is 34.4 Å². The molecule has 4 rings (SSSR count). The van der Waals surface area contributed by atoms with Crippen molar-refractivity contribution in [3.05, 3.63) is 65.6 Å². The van der Waals surface area contributed by atoms with Crippen molar-refractivity contribution in [3.63, 3.8) is 0 Å². The molecule has 0 bridgehead atoms. The van der Waals surface area contributed by atoms with Crippen LogP contribution in [0.1, 0.15) is 21.6 Å². The highest BCUT2D eigenvalue weighted by atomic mass is 16.5. The molecule has 0 radical (unpaired) electrons. The minimum Gasteiger partial charge on any atom is -0.467 e. The van der Waals surface area contributed by atoms with Gasteiger partial charge in [0.2, 0.25) is 0 Å². The number of aromatic nitrogens is 2. The first-order valence-electron chi connectivity index (χ1n) is 8.03. The summed E-state index contributed by atoms with van der Waals surface area (Å²) in [5.74, 6) is -0.689. The molecule has 1 aromatic carbocycles. The van der Waals surface area contributed by atoms with Crippen molar-refractivity contribution in [1.82, 2.24) is 9.38 Å². The topological polar surface area (TPSA) is 63.9 Å². The van der Waals surface area contributed by atoms with E-state index in [2.05, 4.69) is 4.98 Å². The van der Waals surface area contributed by atoms with Crippen molar-refractivity contribution in [3.8, 4) is 0 Å². The van der Waals surface area contributed by atoms with Crippen molar-refractivity contribution in [1.29, 1.82) is 0 Å². The van der Waals surface area contributed by atoms with E-state index in [0.717, 1.165) is 16.8 Å². The first kappa shape index (κ1) is 15.4. The molecule has 0 N–H and O–H groups in total. The molecular weight excluding hydrogens is 318 g/mol. The average molecular weight is 335 g/mol. The third-order valence-corrected chi connectivity index (χ3v) is 4.56. The maximum absolute atomic E-state index is 13.3. The second-order valence-corrected chi connectivity index (χ2v) is 6.12. The number of anilines is 1. The monoisotopic (exact) mass is 335 g/mol. The molecule has 0 unspecified atom stereocenters. The standard InChI is InChI=1S/C19H17N3O3/c1-12-7-8-21-16(11-20-17(21)9-12)18(23)22-14-6-4-3-5-13(14)10-15(22)19(24)25-2/h3-9,11,15H,10H2,1-2H3/t15-/m1/s1. The van der Waals surface area contributed by atoms with Crippen LogP contribution in [0.3, 0.4) is 0 Å². The summed E-state index contributed by atoms with van der Waals surface area (Å²) in [5.41, 5.74) is 3.88. The van der Waals surface area contributed by atoms with Gasteiger partial charge >= 0.3 is 5.97 Å². The summed E-state index contributed by atoms with van der Waals surface area (Å²) >= 11 is 0. The van der Waals surface area contributed by atoms with Gasteiger partial charge in [-0.15, -0.1) is 0 Å². The number of hydrogen-bond acceptors (Lipinski definition) is 4. The summed E-state index contributed by atoms with van der Waals surface area (Å²) < 4.78 is 6.65. The predicted octanol–water partition coefficient (Wildman–Crippen LogP) is 2.39. The minimum atomic E-state index is -0.661. The number of methoxy groups -OCH3 is 1. The molecule has 1 amide bonds. The minimum absolute atomic E-state index is 0.267. The van der Waals surface area contributed by atoms with Crippen molar-refractivity contribution >= 4 is 23.2 Å². The maximum atomic E-state index is 13.3. The molecule has 6 nitrogen and oxygen atoms in total. The molecule has 3 aromatic rings. The van der Waals surface area contributed by atoms with Gasteiger partial charge in [-0.3, -0.25) is 14.1 Å². The first-order chi connectivity index (χ1) is 12.1. The number of hydrogen-bond donors (Lipinski definition) is 0. The van der Waals surface area contributed by atoms with E-state index >= 15 is 0 Å². The van der Waals surface area contributed by atoms with Crippen molar-refractivity contribution in [2.75, 3.05) is 12.0 Å². The molecule has 0 saturated heterocycles. The summed E-state index contributed by atoms with van der Waals surface area (Å²) in [5, 5.41) is 0. The van der Waals surface area contributed by atoms with E-state index in [4.69, 9.17) is 4.74 Å². The van der Waals surface area contributed by atoms with Gasteiger partial charge in [0.1, 0.15) is 17.4 Å². The molecule has 25 heavy (non-hydrogen) atoms. The van der Waals surface area contributed by atoms with E-state index in [1.54, 1.807) is 10.6 Å². The molecule has 0 saturated carbocycles. The highest BCUT2D eigenvalue weighted by molar-refractivity contribution is 6.10. The third kappa shape index (κ3) is 2.38. The number of carbonyl (C=O) groups is 2. The molecule has 2 aromatic heterocycles. The fourth-order valence-corrected chi connectivity index (χ4v) is 3.33. The van der Waals surface area contributed by atoms with Crippen LogP contribution >= 0.6 is 0 Å². The highest BCUT2D eigenvalue weighted by Gasteiger charge is 2.40. The van der Waals surface area contributed by atoms with Gasteiger partial charge in [0.25, 0.3) is 5.91 Å². The molecule has 0 aliphatic carbocycles. The number of carbonyl (C=O) groups excluding carboxylic acids is 2. The van der Waals surface area contributed by atoms with E-state index in [9.17, 15) is 9.59 Å². The van der Waals surface area contributed by atoms with Crippen LogP contribution < -0.4 is 4.90 Å². The summed E-state index contributed by atoms with van der Waals surface area (Å²) in [6, 6.07) is 10.7. The van der Waals surface area contributed by atoms with E-state index in [1.807, 2.05) is 49.5 Å². The number of benzene rings is 1. The Balaban J connectivity index is 1.82. The Morgan fingerprint density at radius 3 is 2.84 bits per heavy atom. The van der Waals surface area contributed by atoms with Gasteiger partial charge in [0.05, 0.1) is 13.3 Å². The second-order valence-electron chi connectivity index (χ2n) is 6.12. The molecule has 0 fully saturated rings. The summed E-state index contributed by atoms with van der Waals surface area (Å²) in [6.45, 7) is 1.97. The fourth-order valence-electron chi connectivity index (χ4n) is 3.33. The lowest BCUT2D eigenvalue weighted by Crippen LogP contribution is -2.43. The Hall–Kier alpha value is -3.15. The fraction of sp³-hybridized carbons (Fsp3) is 0.211. The molecule has 1 aliphatic rings. The van der Waals surface area contributed by atoms with Gasteiger partial charge < -0.3 is 4.74 Å². The normalized spacial score (nSPS) is 16.1. The van der Waals surface area contributed by atoms with E-state index < -0.39 is 12.0 Å². The third-order valence-electron chi connectivity index (χ3n) is 4.56. The quantitative estimate of drug-likeness (QED) is 0.675. The molecule has 1 aliphatic heterocycles. The number of nitrogens with zero attached hydrogens (tertiary/aromatic N) is 3. The zero-order chi connectivity index (χ0) is 17.6. The van der Waals surface area contributed by atoms with Crippen molar-refractivity contribution < 1.29 is 14.3 Å². The Morgan fingerprint density at radius 2 is 2.04 bits per heavy atom. The zero-order valence-corrected chi connectivity index (χ0v) is 14.0. The zero-order valence-electron chi connectivity index (χ0n) is 14.0. The van der Waals surface area contributed by atoms with Crippen molar-refractivity contribution in [2.45, 2.75) is 19.4 Å². The first-order valence-corrected chi connectivity index (χ1v) is 8.03. The molecule has 126 valence electrons. The SMILES string of the molecule is COC(=O)[C@H]1Cc2ccccc2N1C(=O)c1cnc2cc(C)ccn12. The lowest BCUT2D eigenvalue weighted by molar-refractivity contribution is -0.141. The molecule has 0 spiro atoms. The summed E-state index contributed by atoms with van der Waals surface area (Å²) in [7, 11) is 1.34. The van der Waals surface area contributed by atoms with Gasteiger partial charge in [-0.1, -0.05) is 18.2 Å². The molecule has 6 heteroatoms. The van der Waals surface area contributed by atoms with E-state index in [1.165, 1.54) is 12.0 Å². The number of aryl methyl sites for hydroxylation is 1. The van der Waals surface area contributed by atoms with Crippen LogP contribution in [0.5, 0.6) is 0 Å².